The Kier molecular flexibility index (Phi) is 4.92. The van der Waals surface area contributed by atoms with Crippen LogP contribution in [0.2, 0.25) is 0 Å². The van der Waals surface area contributed by atoms with Gasteiger partial charge in [0.15, 0.2) is 0 Å². The fraction of sp³-hybridized carbons (Fsp3) is 0.833. The molecule has 0 bridgehead atoms. The first kappa shape index (κ1) is 7.86. The predicted molar refractivity (Wildman–Crippen MR) is 29.8 cm³/mol. The highest BCUT2D eigenvalue weighted by Gasteiger charge is 1.99. The summed E-state index contributed by atoms with van der Waals surface area (Å²) >= 11 is 0. The first-order valence-electron chi connectivity index (χ1n) is 2.87. The van der Waals surface area contributed by atoms with Gasteiger partial charge in [-0.2, -0.15) is 0 Å². The van der Waals surface area contributed by atoms with Gasteiger partial charge in [-0.25, -0.2) is 8.78 Å². The van der Waals surface area contributed by atoms with Gasteiger partial charge in [0.05, 0.1) is 0 Å². The lowest BCUT2D eigenvalue weighted by Crippen LogP contribution is -1.88. The standard InChI is InChI=1S/C6H11F2/c1-2-3-4-5-6(7)8/h3,6H,2,4-5H2,1H3. The fourth-order valence-electron chi connectivity index (χ4n) is 0.448. The molecule has 0 aromatic heterocycles. The zero-order chi connectivity index (χ0) is 6.41. The van der Waals surface area contributed by atoms with Crippen LogP contribution in [0.3, 0.4) is 0 Å². The van der Waals surface area contributed by atoms with E-state index in [0.29, 0.717) is 6.42 Å². The molecular formula is C6H11F2. The van der Waals surface area contributed by atoms with E-state index in [1.165, 1.54) is 0 Å². The normalized spacial score (nSPS) is 10.5. The van der Waals surface area contributed by atoms with Crippen molar-refractivity contribution in [1.29, 1.82) is 0 Å². The Hall–Kier alpha value is -0.140. The van der Waals surface area contributed by atoms with Crippen molar-refractivity contribution in [3.8, 4) is 0 Å². The van der Waals surface area contributed by atoms with Crippen molar-refractivity contribution in [2.75, 3.05) is 0 Å². The van der Waals surface area contributed by atoms with E-state index in [1.54, 1.807) is 0 Å². The van der Waals surface area contributed by atoms with E-state index >= 15 is 0 Å². The van der Waals surface area contributed by atoms with Crippen LogP contribution in [-0.2, 0) is 0 Å². The molecule has 0 N–H and O–H groups in total. The number of unbranched alkanes of at least 4 members (excludes halogenated alkanes) is 2. The highest BCUT2D eigenvalue weighted by Crippen LogP contribution is 2.05. The average Bonchev–Trinajstić information content (AvgIpc) is 1.66. The zero-order valence-electron chi connectivity index (χ0n) is 5.03. The van der Waals surface area contributed by atoms with Crippen molar-refractivity contribution in [1.82, 2.24) is 0 Å². The maximum atomic E-state index is 11.3. The lowest BCUT2D eigenvalue weighted by Gasteiger charge is -1.94. The molecule has 0 rings (SSSR count). The SMILES string of the molecule is CC[CH]CCC(F)F. The van der Waals surface area contributed by atoms with E-state index in [2.05, 4.69) is 0 Å². The van der Waals surface area contributed by atoms with Crippen molar-refractivity contribution < 1.29 is 8.78 Å². The lowest BCUT2D eigenvalue weighted by molar-refractivity contribution is 0.137. The van der Waals surface area contributed by atoms with Gasteiger partial charge in [0, 0.05) is 6.42 Å². The summed E-state index contributed by atoms with van der Waals surface area (Å²) in [6.07, 6.45) is 1.21. The molecule has 0 heterocycles. The third-order valence-electron chi connectivity index (χ3n) is 0.878. The summed E-state index contributed by atoms with van der Waals surface area (Å²) in [5.41, 5.74) is 0. The second-order valence-electron chi connectivity index (χ2n) is 1.67. The summed E-state index contributed by atoms with van der Waals surface area (Å²) in [7, 11) is 0. The van der Waals surface area contributed by atoms with Gasteiger partial charge in [-0.1, -0.05) is 13.3 Å². The molecule has 0 aromatic carbocycles. The minimum atomic E-state index is -2.13. The molecule has 0 aromatic rings. The Morgan fingerprint density at radius 1 is 1.50 bits per heavy atom. The molecule has 1 radical (unpaired) electrons. The monoisotopic (exact) mass is 121 g/mol. The largest absolute Gasteiger partial charge is 0.238 e. The number of hydrogen-bond donors (Lipinski definition) is 0. The average molecular weight is 121 g/mol. The van der Waals surface area contributed by atoms with E-state index in [9.17, 15) is 8.78 Å². The fourth-order valence-corrected chi connectivity index (χ4v) is 0.448. The summed E-state index contributed by atoms with van der Waals surface area (Å²) in [5.74, 6) is 0. The van der Waals surface area contributed by atoms with Crippen LogP contribution < -0.4 is 0 Å². The topological polar surface area (TPSA) is 0 Å². The van der Waals surface area contributed by atoms with Crippen molar-refractivity contribution in [2.24, 2.45) is 0 Å². The molecule has 0 aliphatic heterocycles. The highest BCUT2D eigenvalue weighted by atomic mass is 19.3. The molecule has 0 aliphatic carbocycles. The maximum absolute atomic E-state index is 11.3. The molecule has 0 saturated carbocycles. The Morgan fingerprint density at radius 2 is 2.12 bits per heavy atom. The van der Waals surface area contributed by atoms with Gasteiger partial charge >= 0.3 is 0 Å². The van der Waals surface area contributed by atoms with Gasteiger partial charge in [-0.05, 0) is 12.8 Å². The second kappa shape index (κ2) is 5.01. The molecule has 0 amide bonds. The number of hydrogen-bond acceptors (Lipinski definition) is 0. The Balaban J connectivity index is 2.72. The van der Waals surface area contributed by atoms with E-state index < -0.39 is 6.43 Å². The molecule has 0 fully saturated rings. The Bertz CT molecular complexity index is 43.8. The lowest BCUT2D eigenvalue weighted by atomic mass is 10.2. The molecule has 0 unspecified atom stereocenters. The first-order chi connectivity index (χ1) is 3.77. The molecule has 0 spiro atoms. The van der Waals surface area contributed by atoms with Crippen LogP contribution in [0.15, 0.2) is 0 Å². The molecule has 0 aliphatic rings. The van der Waals surface area contributed by atoms with Gasteiger partial charge in [0.1, 0.15) is 0 Å². The van der Waals surface area contributed by atoms with E-state index in [0.717, 1.165) is 6.42 Å². The summed E-state index contributed by atoms with van der Waals surface area (Å²) in [4.78, 5) is 0. The van der Waals surface area contributed by atoms with Gasteiger partial charge in [-0.15, -0.1) is 0 Å². The van der Waals surface area contributed by atoms with Crippen LogP contribution >= 0.6 is 0 Å². The molecule has 8 heavy (non-hydrogen) atoms. The Morgan fingerprint density at radius 3 is 2.50 bits per heavy atom. The van der Waals surface area contributed by atoms with E-state index in [-0.39, 0.29) is 6.42 Å². The second-order valence-corrected chi connectivity index (χ2v) is 1.67. The molecule has 0 saturated heterocycles. The third-order valence-corrected chi connectivity index (χ3v) is 0.878. The van der Waals surface area contributed by atoms with Crippen LogP contribution in [0.4, 0.5) is 8.78 Å². The molecule has 49 valence electrons. The van der Waals surface area contributed by atoms with E-state index in [4.69, 9.17) is 0 Å². The van der Waals surface area contributed by atoms with Crippen molar-refractivity contribution >= 4 is 0 Å². The van der Waals surface area contributed by atoms with Crippen LogP contribution in [-0.4, -0.2) is 6.43 Å². The highest BCUT2D eigenvalue weighted by molar-refractivity contribution is 4.61. The Labute approximate surface area is 48.9 Å². The quantitative estimate of drug-likeness (QED) is 0.501. The number of alkyl halides is 2. The van der Waals surface area contributed by atoms with Gasteiger partial charge in [0.25, 0.3) is 0 Å². The summed E-state index contributed by atoms with van der Waals surface area (Å²) in [6.45, 7) is 1.95. The van der Waals surface area contributed by atoms with Gasteiger partial charge in [-0.3, -0.25) is 0 Å². The van der Waals surface area contributed by atoms with Crippen molar-refractivity contribution in [3.63, 3.8) is 0 Å². The van der Waals surface area contributed by atoms with Crippen molar-refractivity contribution in [3.05, 3.63) is 6.42 Å². The maximum Gasteiger partial charge on any atom is 0.238 e. The minimum absolute atomic E-state index is 0.0217. The molecule has 0 atom stereocenters. The zero-order valence-corrected chi connectivity index (χ0v) is 5.03. The van der Waals surface area contributed by atoms with Crippen LogP contribution in [0.1, 0.15) is 26.2 Å². The molecule has 2 heteroatoms. The van der Waals surface area contributed by atoms with Crippen LogP contribution in [0.25, 0.3) is 0 Å². The number of halogens is 2. The summed E-state index contributed by atoms with van der Waals surface area (Å²) < 4.78 is 22.7. The predicted octanol–water partition coefficient (Wildman–Crippen LogP) is 2.65. The number of rotatable bonds is 4. The van der Waals surface area contributed by atoms with E-state index in [1.807, 2.05) is 13.3 Å². The van der Waals surface area contributed by atoms with Crippen LogP contribution in [0, 0.1) is 6.42 Å². The summed E-state index contributed by atoms with van der Waals surface area (Å²) in [6, 6.07) is 0. The van der Waals surface area contributed by atoms with Gasteiger partial charge < -0.3 is 0 Å². The summed E-state index contributed by atoms with van der Waals surface area (Å²) in [5, 5.41) is 0. The molecule has 0 nitrogen and oxygen atoms in total. The minimum Gasteiger partial charge on any atom is -0.211 e. The van der Waals surface area contributed by atoms with Crippen molar-refractivity contribution in [2.45, 2.75) is 32.6 Å². The van der Waals surface area contributed by atoms with Gasteiger partial charge in [0.2, 0.25) is 6.43 Å². The smallest absolute Gasteiger partial charge is 0.211 e. The molecular weight excluding hydrogens is 110 g/mol. The first-order valence-corrected chi connectivity index (χ1v) is 2.87. The van der Waals surface area contributed by atoms with Crippen LogP contribution in [0.5, 0.6) is 0 Å². The third kappa shape index (κ3) is 5.86.